The lowest BCUT2D eigenvalue weighted by Crippen LogP contribution is -2.30. The Labute approximate surface area is 178 Å². The van der Waals surface area contributed by atoms with E-state index in [9.17, 15) is 19.2 Å². The molecule has 0 fully saturated rings. The molecule has 0 saturated carbocycles. The topological polar surface area (TPSA) is 92.8 Å². The van der Waals surface area contributed by atoms with Crippen LogP contribution in [0.1, 0.15) is 38.0 Å². The van der Waals surface area contributed by atoms with Crippen molar-refractivity contribution in [3.63, 3.8) is 0 Å². The van der Waals surface area contributed by atoms with Crippen LogP contribution in [-0.2, 0) is 9.53 Å². The predicted octanol–water partition coefficient (Wildman–Crippen LogP) is 3.67. The zero-order valence-corrected chi connectivity index (χ0v) is 16.6. The summed E-state index contributed by atoms with van der Waals surface area (Å²) in [6, 6.07) is 21.3. The number of hydrogen-bond donors (Lipinski definition) is 1. The summed E-state index contributed by atoms with van der Waals surface area (Å²) in [6.07, 6.45) is -1.01. The van der Waals surface area contributed by atoms with Crippen molar-refractivity contribution in [2.75, 3.05) is 10.2 Å². The molecule has 0 saturated heterocycles. The van der Waals surface area contributed by atoms with Crippen LogP contribution in [0.5, 0.6) is 0 Å². The second-order valence-electron chi connectivity index (χ2n) is 6.94. The maximum Gasteiger partial charge on any atom is 0.338 e. The minimum absolute atomic E-state index is 0.194. The van der Waals surface area contributed by atoms with E-state index >= 15 is 0 Å². The van der Waals surface area contributed by atoms with Gasteiger partial charge in [0.2, 0.25) is 0 Å². The van der Waals surface area contributed by atoms with Gasteiger partial charge in [-0.05, 0) is 55.5 Å². The Bertz CT molecular complexity index is 1140. The fourth-order valence-electron chi connectivity index (χ4n) is 3.22. The van der Waals surface area contributed by atoms with Crippen molar-refractivity contribution in [1.29, 1.82) is 0 Å². The summed E-state index contributed by atoms with van der Waals surface area (Å²) in [5.74, 6) is -1.98. The number of nitrogens with zero attached hydrogens (tertiary/aromatic N) is 1. The van der Waals surface area contributed by atoms with Crippen molar-refractivity contribution in [2.24, 2.45) is 0 Å². The van der Waals surface area contributed by atoms with Crippen LogP contribution >= 0.6 is 0 Å². The van der Waals surface area contributed by atoms with Crippen LogP contribution in [0.15, 0.2) is 78.9 Å². The molecule has 4 rings (SSSR count). The Morgan fingerprint density at radius 2 is 1.35 bits per heavy atom. The molecule has 0 radical (unpaired) electrons. The molecule has 3 aromatic carbocycles. The summed E-state index contributed by atoms with van der Waals surface area (Å²) in [4.78, 5) is 50.8. The predicted molar refractivity (Wildman–Crippen MR) is 114 cm³/mol. The molecule has 1 N–H and O–H groups in total. The second kappa shape index (κ2) is 8.23. The third-order valence-corrected chi connectivity index (χ3v) is 4.85. The smallest absolute Gasteiger partial charge is 0.338 e. The van der Waals surface area contributed by atoms with Crippen LogP contribution in [0.2, 0.25) is 0 Å². The van der Waals surface area contributed by atoms with Crippen molar-refractivity contribution in [2.45, 2.75) is 13.0 Å². The van der Waals surface area contributed by atoms with E-state index in [-0.39, 0.29) is 5.56 Å². The molecule has 0 spiro atoms. The number of ether oxygens (including phenoxy) is 1. The summed E-state index contributed by atoms with van der Waals surface area (Å²) < 4.78 is 5.23. The van der Waals surface area contributed by atoms with Gasteiger partial charge in [0.05, 0.1) is 22.4 Å². The minimum atomic E-state index is -1.01. The number of anilines is 2. The SMILES string of the molecule is C[C@H](OC(=O)c1ccc(N2C(=O)c3ccccc3C2=O)cc1)C(=O)Nc1ccccc1. The Balaban J connectivity index is 1.42. The number of benzene rings is 3. The van der Waals surface area contributed by atoms with Gasteiger partial charge < -0.3 is 10.1 Å². The van der Waals surface area contributed by atoms with E-state index in [1.165, 1.54) is 31.2 Å². The number of amides is 3. The monoisotopic (exact) mass is 414 g/mol. The Hall–Kier alpha value is -4.26. The van der Waals surface area contributed by atoms with Gasteiger partial charge in [-0.1, -0.05) is 30.3 Å². The molecule has 0 aliphatic carbocycles. The van der Waals surface area contributed by atoms with Crippen molar-refractivity contribution < 1.29 is 23.9 Å². The second-order valence-corrected chi connectivity index (χ2v) is 6.94. The normalized spacial score (nSPS) is 13.5. The van der Waals surface area contributed by atoms with Gasteiger partial charge in [0.25, 0.3) is 17.7 Å². The number of para-hydroxylation sites is 1. The first-order valence-electron chi connectivity index (χ1n) is 9.60. The van der Waals surface area contributed by atoms with Crippen LogP contribution in [0.25, 0.3) is 0 Å². The molecular formula is C24H18N2O5. The molecule has 7 nitrogen and oxygen atoms in total. The van der Waals surface area contributed by atoms with E-state index in [1.807, 2.05) is 6.07 Å². The van der Waals surface area contributed by atoms with Gasteiger partial charge in [0, 0.05) is 5.69 Å². The zero-order chi connectivity index (χ0) is 22.0. The van der Waals surface area contributed by atoms with Crippen LogP contribution in [0.3, 0.4) is 0 Å². The standard InChI is InChI=1S/C24H18N2O5/c1-15(21(27)25-17-7-3-2-4-8-17)31-24(30)16-11-13-18(14-12-16)26-22(28)19-9-5-6-10-20(19)23(26)29/h2-15H,1H3,(H,25,27)/t15-/m0/s1. The quantitative estimate of drug-likeness (QED) is 0.508. The van der Waals surface area contributed by atoms with E-state index in [1.54, 1.807) is 48.5 Å². The van der Waals surface area contributed by atoms with Gasteiger partial charge in [0.1, 0.15) is 0 Å². The summed E-state index contributed by atoms with van der Waals surface area (Å²) >= 11 is 0. The molecule has 3 amide bonds. The number of hydrogen-bond acceptors (Lipinski definition) is 5. The highest BCUT2D eigenvalue weighted by molar-refractivity contribution is 6.34. The molecular weight excluding hydrogens is 396 g/mol. The number of nitrogens with one attached hydrogen (secondary N) is 1. The number of fused-ring (bicyclic) bond motifs is 1. The molecule has 1 heterocycles. The van der Waals surface area contributed by atoms with Crippen molar-refractivity contribution in [3.05, 3.63) is 95.6 Å². The Morgan fingerprint density at radius 1 is 0.806 bits per heavy atom. The third-order valence-electron chi connectivity index (χ3n) is 4.85. The van der Waals surface area contributed by atoms with Gasteiger partial charge in [-0.15, -0.1) is 0 Å². The van der Waals surface area contributed by atoms with Crippen molar-refractivity contribution in [1.82, 2.24) is 0 Å². The molecule has 0 unspecified atom stereocenters. The van der Waals surface area contributed by atoms with Crippen molar-refractivity contribution in [3.8, 4) is 0 Å². The largest absolute Gasteiger partial charge is 0.449 e. The molecule has 7 heteroatoms. The van der Waals surface area contributed by atoms with Gasteiger partial charge in [-0.25, -0.2) is 9.69 Å². The number of imide groups is 1. The fourth-order valence-corrected chi connectivity index (χ4v) is 3.22. The zero-order valence-electron chi connectivity index (χ0n) is 16.6. The van der Waals surface area contributed by atoms with E-state index in [0.717, 1.165) is 4.90 Å². The first-order valence-corrected chi connectivity index (χ1v) is 9.60. The van der Waals surface area contributed by atoms with Crippen molar-refractivity contribution >= 4 is 35.1 Å². The molecule has 154 valence electrons. The van der Waals surface area contributed by atoms with Crippen LogP contribution in [0, 0.1) is 0 Å². The maximum atomic E-state index is 12.6. The molecule has 1 atom stereocenters. The van der Waals surface area contributed by atoms with E-state index in [4.69, 9.17) is 4.74 Å². The summed E-state index contributed by atoms with van der Waals surface area (Å²) in [7, 11) is 0. The lowest BCUT2D eigenvalue weighted by atomic mass is 10.1. The highest BCUT2D eigenvalue weighted by atomic mass is 16.5. The Kier molecular flexibility index (Phi) is 5.32. The van der Waals surface area contributed by atoms with Gasteiger partial charge in [0.15, 0.2) is 6.10 Å². The number of rotatable bonds is 5. The van der Waals surface area contributed by atoms with Gasteiger partial charge in [-0.2, -0.15) is 0 Å². The molecule has 3 aromatic rings. The van der Waals surface area contributed by atoms with Crippen LogP contribution < -0.4 is 10.2 Å². The molecule has 31 heavy (non-hydrogen) atoms. The molecule has 1 aliphatic heterocycles. The minimum Gasteiger partial charge on any atom is -0.449 e. The van der Waals surface area contributed by atoms with Crippen LogP contribution in [0.4, 0.5) is 11.4 Å². The summed E-state index contributed by atoms with van der Waals surface area (Å²) in [6.45, 7) is 1.48. The highest BCUT2D eigenvalue weighted by Gasteiger charge is 2.36. The average molecular weight is 414 g/mol. The lowest BCUT2D eigenvalue weighted by molar-refractivity contribution is -0.123. The van der Waals surface area contributed by atoms with E-state index < -0.39 is 29.8 Å². The summed E-state index contributed by atoms with van der Waals surface area (Å²) in [5.41, 5.74) is 1.82. The number of esters is 1. The average Bonchev–Trinajstić information content (AvgIpc) is 3.05. The first-order chi connectivity index (χ1) is 15.0. The number of carbonyl (C=O) groups is 4. The highest BCUT2D eigenvalue weighted by Crippen LogP contribution is 2.28. The molecule has 0 aromatic heterocycles. The first kappa shape index (κ1) is 20.0. The van der Waals surface area contributed by atoms with Gasteiger partial charge >= 0.3 is 5.97 Å². The van der Waals surface area contributed by atoms with Crippen LogP contribution in [-0.4, -0.2) is 29.8 Å². The molecule has 0 bridgehead atoms. The number of carbonyl (C=O) groups excluding carboxylic acids is 4. The molecule has 1 aliphatic rings. The van der Waals surface area contributed by atoms with E-state index in [0.29, 0.717) is 22.5 Å². The Morgan fingerprint density at radius 3 is 1.94 bits per heavy atom. The lowest BCUT2D eigenvalue weighted by Gasteiger charge is -2.15. The van der Waals surface area contributed by atoms with Gasteiger partial charge in [-0.3, -0.25) is 14.4 Å². The summed E-state index contributed by atoms with van der Waals surface area (Å²) in [5, 5.41) is 2.67. The maximum absolute atomic E-state index is 12.6. The third kappa shape index (κ3) is 3.93. The fraction of sp³-hybridized carbons (Fsp3) is 0.0833. The van der Waals surface area contributed by atoms with E-state index in [2.05, 4.69) is 5.32 Å².